The predicted octanol–water partition coefficient (Wildman–Crippen LogP) is 2.52. The minimum atomic E-state index is 0.271. The fourth-order valence-electron chi connectivity index (χ4n) is 2.08. The Balaban J connectivity index is 1.98. The van der Waals surface area contributed by atoms with E-state index in [1.807, 2.05) is 25.2 Å². The molecule has 1 N–H and O–H groups in total. The average Bonchev–Trinajstić information content (AvgIpc) is 2.89. The second-order valence-electron chi connectivity index (χ2n) is 4.49. The molecule has 1 heterocycles. The Morgan fingerprint density at radius 1 is 1.47 bits per heavy atom. The smallest absolute Gasteiger partial charge is 0.124 e. The maximum Gasteiger partial charge on any atom is 0.124 e. The third kappa shape index (κ3) is 3.20. The summed E-state index contributed by atoms with van der Waals surface area (Å²) in [4.78, 5) is 0. The van der Waals surface area contributed by atoms with Crippen molar-refractivity contribution in [1.82, 2.24) is 5.32 Å². The fourth-order valence-corrected chi connectivity index (χ4v) is 2.08. The molecule has 1 aromatic rings. The lowest BCUT2D eigenvalue weighted by Gasteiger charge is -2.18. The van der Waals surface area contributed by atoms with Gasteiger partial charge in [0.05, 0.1) is 6.10 Å². The van der Waals surface area contributed by atoms with Gasteiger partial charge in [-0.05, 0) is 32.9 Å². The van der Waals surface area contributed by atoms with E-state index in [1.165, 1.54) is 5.56 Å². The maximum atomic E-state index is 5.88. The van der Waals surface area contributed by atoms with Gasteiger partial charge in [-0.2, -0.15) is 0 Å². The van der Waals surface area contributed by atoms with Crippen molar-refractivity contribution in [1.29, 1.82) is 0 Å². The lowest BCUT2D eigenvalue weighted by atomic mass is 10.1. The predicted molar refractivity (Wildman–Crippen MR) is 68.4 cm³/mol. The molecule has 2 atom stereocenters. The molecule has 0 amide bonds. The van der Waals surface area contributed by atoms with Gasteiger partial charge in [0.15, 0.2) is 0 Å². The SMILES string of the molecule is CNC(C)c1ccccc1OCC1CCCO1. The van der Waals surface area contributed by atoms with Gasteiger partial charge in [-0.15, -0.1) is 0 Å². The van der Waals surface area contributed by atoms with Gasteiger partial charge in [0.2, 0.25) is 0 Å². The molecule has 3 nitrogen and oxygen atoms in total. The van der Waals surface area contributed by atoms with Crippen molar-refractivity contribution in [2.75, 3.05) is 20.3 Å². The van der Waals surface area contributed by atoms with Crippen LogP contribution in [-0.2, 0) is 4.74 Å². The minimum Gasteiger partial charge on any atom is -0.491 e. The second-order valence-corrected chi connectivity index (χ2v) is 4.49. The van der Waals surface area contributed by atoms with E-state index in [2.05, 4.69) is 18.3 Å². The van der Waals surface area contributed by atoms with Crippen molar-refractivity contribution < 1.29 is 9.47 Å². The van der Waals surface area contributed by atoms with E-state index in [9.17, 15) is 0 Å². The molecule has 2 unspecified atom stereocenters. The maximum absolute atomic E-state index is 5.88. The largest absolute Gasteiger partial charge is 0.491 e. The van der Waals surface area contributed by atoms with E-state index < -0.39 is 0 Å². The Kier molecular flexibility index (Phi) is 4.40. The average molecular weight is 235 g/mol. The first kappa shape index (κ1) is 12.4. The van der Waals surface area contributed by atoms with Crippen LogP contribution in [0.1, 0.15) is 31.4 Å². The minimum absolute atomic E-state index is 0.271. The second kappa shape index (κ2) is 6.03. The van der Waals surface area contributed by atoms with Crippen LogP contribution in [0.5, 0.6) is 5.75 Å². The van der Waals surface area contributed by atoms with Gasteiger partial charge in [0, 0.05) is 18.2 Å². The normalized spacial score (nSPS) is 21.4. The molecule has 0 aromatic heterocycles. The van der Waals surface area contributed by atoms with Crippen molar-refractivity contribution in [3.8, 4) is 5.75 Å². The van der Waals surface area contributed by atoms with Gasteiger partial charge in [-0.25, -0.2) is 0 Å². The highest BCUT2D eigenvalue weighted by atomic mass is 16.5. The molecular formula is C14H21NO2. The molecule has 94 valence electrons. The number of ether oxygens (including phenoxy) is 2. The van der Waals surface area contributed by atoms with Gasteiger partial charge in [-0.1, -0.05) is 18.2 Å². The summed E-state index contributed by atoms with van der Waals surface area (Å²) in [6, 6.07) is 8.49. The van der Waals surface area contributed by atoms with E-state index >= 15 is 0 Å². The summed E-state index contributed by atoms with van der Waals surface area (Å²) in [7, 11) is 1.96. The number of benzene rings is 1. The third-order valence-corrected chi connectivity index (χ3v) is 3.27. The summed E-state index contributed by atoms with van der Waals surface area (Å²) >= 11 is 0. The van der Waals surface area contributed by atoms with E-state index in [1.54, 1.807) is 0 Å². The summed E-state index contributed by atoms with van der Waals surface area (Å²) in [5.41, 5.74) is 1.20. The lowest BCUT2D eigenvalue weighted by Crippen LogP contribution is -2.18. The van der Waals surface area contributed by atoms with E-state index in [0.29, 0.717) is 12.6 Å². The van der Waals surface area contributed by atoms with Crippen LogP contribution < -0.4 is 10.1 Å². The summed E-state index contributed by atoms with van der Waals surface area (Å²) in [6.45, 7) is 3.67. The molecule has 0 spiro atoms. The van der Waals surface area contributed by atoms with Crippen molar-refractivity contribution in [2.45, 2.75) is 31.9 Å². The van der Waals surface area contributed by atoms with Crippen molar-refractivity contribution in [2.24, 2.45) is 0 Å². The van der Waals surface area contributed by atoms with Crippen LogP contribution in [0.15, 0.2) is 24.3 Å². The highest BCUT2D eigenvalue weighted by Crippen LogP contribution is 2.25. The van der Waals surface area contributed by atoms with E-state index in [-0.39, 0.29) is 6.10 Å². The quantitative estimate of drug-likeness (QED) is 0.850. The Labute approximate surface area is 103 Å². The molecule has 1 saturated heterocycles. The monoisotopic (exact) mass is 235 g/mol. The van der Waals surface area contributed by atoms with Gasteiger partial charge >= 0.3 is 0 Å². The topological polar surface area (TPSA) is 30.5 Å². The van der Waals surface area contributed by atoms with Crippen LogP contribution in [-0.4, -0.2) is 26.4 Å². The molecule has 0 aliphatic carbocycles. The molecule has 0 saturated carbocycles. The van der Waals surface area contributed by atoms with Crippen molar-refractivity contribution in [3.05, 3.63) is 29.8 Å². The molecule has 0 bridgehead atoms. The molecule has 17 heavy (non-hydrogen) atoms. The Bertz CT molecular complexity index is 348. The summed E-state index contributed by atoms with van der Waals surface area (Å²) < 4.78 is 11.4. The zero-order valence-corrected chi connectivity index (χ0v) is 10.6. The zero-order chi connectivity index (χ0) is 12.1. The Hall–Kier alpha value is -1.06. The summed E-state index contributed by atoms with van der Waals surface area (Å²) in [6.07, 6.45) is 2.54. The van der Waals surface area contributed by atoms with Crippen LogP contribution in [0, 0.1) is 0 Å². The van der Waals surface area contributed by atoms with Crippen molar-refractivity contribution in [3.63, 3.8) is 0 Å². The van der Waals surface area contributed by atoms with Crippen LogP contribution in [0.2, 0.25) is 0 Å². The summed E-state index contributed by atoms with van der Waals surface area (Å²) in [5, 5.41) is 3.24. The van der Waals surface area contributed by atoms with Crippen LogP contribution in [0.25, 0.3) is 0 Å². The molecule has 1 aliphatic heterocycles. The first-order valence-electron chi connectivity index (χ1n) is 6.32. The van der Waals surface area contributed by atoms with Gasteiger partial charge in [-0.3, -0.25) is 0 Å². The van der Waals surface area contributed by atoms with E-state index in [0.717, 1.165) is 25.2 Å². The van der Waals surface area contributed by atoms with Crippen LogP contribution >= 0.6 is 0 Å². The number of hydrogen-bond acceptors (Lipinski definition) is 3. The molecule has 1 aromatic carbocycles. The van der Waals surface area contributed by atoms with Gasteiger partial charge < -0.3 is 14.8 Å². The first-order valence-corrected chi connectivity index (χ1v) is 6.32. The molecule has 3 heteroatoms. The molecule has 2 rings (SSSR count). The van der Waals surface area contributed by atoms with Crippen molar-refractivity contribution >= 4 is 0 Å². The Morgan fingerprint density at radius 2 is 2.29 bits per heavy atom. The number of hydrogen-bond donors (Lipinski definition) is 1. The highest BCUT2D eigenvalue weighted by molar-refractivity contribution is 5.35. The standard InChI is InChI=1S/C14H21NO2/c1-11(15-2)13-7-3-4-8-14(13)17-10-12-6-5-9-16-12/h3-4,7-8,11-12,15H,5-6,9-10H2,1-2H3. The van der Waals surface area contributed by atoms with Crippen LogP contribution in [0.4, 0.5) is 0 Å². The Morgan fingerprint density at radius 3 is 3.00 bits per heavy atom. The summed E-state index contributed by atoms with van der Waals surface area (Å²) in [5.74, 6) is 0.963. The molecular weight excluding hydrogens is 214 g/mol. The number of para-hydroxylation sites is 1. The number of nitrogens with one attached hydrogen (secondary N) is 1. The highest BCUT2D eigenvalue weighted by Gasteiger charge is 2.17. The molecule has 1 fully saturated rings. The lowest BCUT2D eigenvalue weighted by molar-refractivity contribution is 0.0674. The first-order chi connectivity index (χ1) is 8.31. The third-order valence-electron chi connectivity index (χ3n) is 3.27. The van der Waals surface area contributed by atoms with Crippen LogP contribution in [0.3, 0.4) is 0 Å². The molecule has 1 aliphatic rings. The zero-order valence-electron chi connectivity index (χ0n) is 10.6. The molecule has 0 radical (unpaired) electrons. The van der Waals surface area contributed by atoms with Gasteiger partial charge in [0.25, 0.3) is 0 Å². The fraction of sp³-hybridized carbons (Fsp3) is 0.571. The number of rotatable bonds is 5. The van der Waals surface area contributed by atoms with E-state index in [4.69, 9.17) is 9.47 Å². The van der Waals surface area contributed by atoms with Gasteiger partial charge in [0.1, 0.15) is 12.4 Å².